The maximum atomic E-state index is 11.8. The molecule has 2 N–H and O–H groups in total. The molecule has 0 aromatic heterocycles. The summed E-state index contributed by atoms with van der Waals surface area (Å²) in [5.41, 5.74) is 1.05. The molecular formula is C17H15BrN2O4S. The summed E-state index contributed by atoms with van der Waals surface area (Å²) in [6, 6.07) is 13.6. The molecule has 2 aromatic rings. The highest BCUT2D eigenvalue weighted by Gasteiger charge is 2.08. The fourth-order valence-corrected chi connectivity index (χ4v) is 2.31. The van der Waals surface area contributed by atoms with E-state index < -0.39 is 5.97 Å². The van der Waals surface area contributed by atoms with Crippen LogP contribution in [0.2, 0.25) is 0 Å². The Morgan fingerprint density at radius 3 is 2.32 bits per heavy atom. The Morgan fingerprint density at radius 2 is 1.72 bits per heavy atom. The summed E-state index contributed by atoms with van der Waals surface area (Å²) >= 11 is 8.39. The van der Waals surface area contributed by atoms with E-state index in [2.05, 4.69) is 31.3 Å². The number of esters is 1. The maximum Gasteiger partial charge on any atom is 0.337 e. The van der Waals surface area contributed by atoms with Crippen LogP contribution in [0.5, 0.6) is 5.75 Å². The van der Waals surface area contributed by atoms with Crippen molar-refractivity contribution >= 4 is 50.8 Å². The normalized spacial score (nSPS) is 9.84. The van der Waals surface area contributed by atoms with Crippen molar-refractivity contribution in [2.75, 3.05) is 19.0 Å². The van der Waals surface area contributed by atoms with E-state index in [0.717, 1.165) is 4.47 Å². The second kappa shape index (κ2) is 9.14. The lowest BCUT2D eigenvalue weighted by Gasteiger charge is -2.10. The summed E-state index contributed by atoms with van der Waals surface area (Å²) in [7, 11) is 1.31. The second-order valence-corrected chi connectivity index (χ2v) is 6.14. The average Bonchev–Trinajstić information content (AvgIpc) is 2.61. The predicted octanol–water partition coefficient (Wildman–Crippen LogP) is 3.13. The predicted molar refractivity (Wildman–Crippen MR) is 102 cm³/mol. The molecule has 0 radical (unpaired) electrons. The fourth-order valence-electron chi connectivity index (χ4n) is 1.81. The zero-order chi connectivity index (χ0) is 18.2. The third kappa shape index (κ3) is 6.17. The number of carbonyl (C=O) groups excluding carboxylic acids is 2. The molecule has 2 aromatic carbocycles. The Bertz CT molecular complexity index is 763. The number of methoxy groups -OCH3 is 1. The van der Waals surface area contributed by atoms with Gasteiger partial charge >= 0.3 is 5.97 Å². The van der Waals surface area contributed by atoms with Crippen LogP contribution >= 0.6 is 28.1 Å². The maximum absolute atomic E-state index is 11.8. The highest BCUT2D eigenvalue weighted by molar-refractivity contribution is 9.10. The van der Waals surface area contributed by atoms with E-state index in [1.807, 2.05) is 12.1 Å². The molecule has 8 heteroatoms. The minimum Gasteiger partial charge on any atom is -0.484 e. The van der Waals surface area contributed by atoms with Crippen molar-refractivity contribution in [3.05, 3.63) is 58.6 Å². The van der Waals surface area contributed by atoms with Gasteiger partial charge in [0.25, 0.3) is 5.91 Å². The highest BCUT2D eigenvalue weighted by Crippen LogP contribution is 2.15. The first kappa shape index (κ1) is 18.9. The van der Waals surface area contributed by atoms with Crippen LogP contribution < -0.4 is 15.4 Å². The van der Waals surface area contributed by atoms with Gasteiger partial charge in [-0.3, -0.25) is 10.1 Å². The zero-order valence-corrected chi connectivity index (χ0v) is 15.6. The monoisotopic (exact) mass is 422 g/mol. The lowest BCUT2D eigenvalue weighted by Crippen LogP contribution is -2.37. The van der Waals surface area contributed by atoms with E-state index in [0.29, 0.717) is 17.0 Å². The molecular weight excluding hydrogens is 408 g/mol. The molecule has 2 rings (SSSR count). The molecule has 1 amide bonds. The van der Waals surface area contributed by atoms with E-state index in [9.17, 15) is 9.59 Å². The van der Waals surface area contributed by atoms with Gasteiger partial charge in [0.05, 0.1) is 12.7 Å². The molecule has 25 heavy (non-hydrogen) atoms. The summed E-state index contributed by atoms with van der Waals surface area (Å²) in [5.74, 6) is -0.227. The number of hydrogen-bond donors (Lipinski definition) is 2. The van der Waals surface area contributed by atoms with Gasteiger partial charge in [-0.2, -0.15) is 0 Å². The number of carbonyl (C=O) groups is 2. The summed E-state index contributed by atoms with van der Waals surface area (Å²) in [4.78, 5) is 23.2. The van der Waals surface area contributed by atoms with Gasteiger partial charge in [-0.25, -0.2) is 4.79 Å². The van der Waals surface area contributed by atoms with Crippen molar-refractivity contribution in [3.63, 3.8) is 0 Å². The second-order valence-electron chi connectivity index (χ2n) is 4.81. The van der Waals surface area contributed by atoms with Gasteiger partial charge in [-0.15, -0.1) is 0 Å². The first-order chi connectivity index (χ1) is 12.0. The van der Waals surface area contributed by atoms with Crippen molar-refractivity contribution in [2.45, 2.75) is 0 Å². The van der Waals surface area contributed by atoms with E-state index in [-0.39, 0.29) is 17.6 Å². The Morgan fingerprint density at radius 1 is 1.08 bits per heavy atom. The van der Waals surface area contributed by atoms with Crippen molar-refractivity contribution in [1.29, 1.82) is 0 Å². The van der Waals surface area contributed by atoms with Gasteiger partial charge < -0.3 is 14.8 Å². The summed E-state index contributed by atoms with van der Waals surface area (Å²) in [6.45, 7) is -0.162. The molecule has 0 aliphatic heterocycles. The van der Waals surface area contributed by atoms with Gasteiger partial charge in [-0.1, -0.05) is 15.9 Å². The molecule has 0 fully saturated rings. The third-order valence-electron chi connectivity index (χ3n) is 3.00. The first-order valence-corrected chi connectivity index (χ1v) is 8.35. The minimum atomic E-state index is -0.424. The molecule has 0 aliphatic rings. The van der Waals surface area contributed by atoms with Gasteiger partial charge in [0, 0.05) is 10.2 Å². The van der Waals surface area contributed by atoms with E-state index in [4.69, 9.17) is 17.0 Å². The number of benzene rings is 2. The molecule has 0 saturated carbocycles. The molecule has 0 aliphatic carbocycles. The summed E-state index contributed by atoms with van der Waals surface area (Å²) < 4.78 is 10.9. The molecule has 0 atom stereocenters. The van der Waals surface area contributed by atoms with Crippen LogP contribution in [0.3, 0.4) is 0 Å². The standard InChI is InChI=1S/C17H15BrN2O4S/c1-23-16(22)11-2-6-13(7-3-11)19-17(25)20-15(21)10-24-14-8-4-12(18)5-9-14/h2-9H,10H2,1H3,(H2,19,20,21,25). The summed E-state index contributed by atoms with van der Waals surface area (Å²) in [6.07, 6.45) is 0. The number of nitrogens with one attached hydrogen (secondary N) is 2. The van der Waals surface area contributed by atoms with Crippen molar-refractivity contribution in [2.24, 2.45) is 0 Å². The molecule has 0 bridgehead atoms. The summed E-state index contributed by atoms with van der Waals surface area (Å²) in [5, 5.41) is 5.50. The Kier molecular flexibility index (Phi) is 6.91. The SMILES string of the molecule is COC(=O)c1ccc(NC(=S)NC(=O)COc2ccc(Br)cc2)cc1. The first-order valence-electron chi connectivity index (χ1n) is 7.15. The van der Waals surface area contributed by atoms with Crippen LogP contribution in [0.4, 0.5) is 5.69 Å². The van der Waals surface area contributed by atoms with Gasteiger partial charge in [-0.05, 0) is 60.7 Å². The quantitative estimate of drug-likeness (QED) is 0.569. The topological polar surface area (TPSA) is 76.7 Å². The lowest BCUT2D eigenvalue weighted by atomic mass is 10.2. The van der Waals surface area contributed by atoms with E-state index in [1.165, 1.54) is 7.11 Å². The lowest BCUT2D eigenvalue weighted by molar-refractivity contribution is -0.121. The number of halogens is 1. The zero-order valence-electron chi connectivity index (χ0n) is 13.2. The van der Waals surface area contributed by atoms with E-state index >= 15 is 0 Å². The molecule has 0 unspecified atom stereocenters. The van der Waals surface area contributed by atoms with Gasteiger partial charge in [0.15, 0.2) is 11.7 Å². The van der Waals surface area contributed by atoms with Gasteiger partial charge in [0.2, 0.25) is 0 Å². The fraction of sp³-hybridized carbons (Fsp3) is 0.118. The van der Waals surface area contributed by atoms with Crippen LogP contribution in [0.15, 0.2) is 53.0 Å². The largest absolute Gasteiger partial charge is 0.484 e. The molecule has 130 valence electrons. The van der Waals surface area contributed by atoms with Crippen LogP contribution in [-0.4, -0.2) is 30.7 Å². The van der Waals surface area contributed by atoms with E-state index in [1.54, 1.807) is 36.4 Å². The molecule has 6 nitrogen and oxygen atoms in total. The average molecular weight is 423 g/mol. The highest BCUT2D eigenvalue weighted by atomic mass is 79.9. The number of ether oxygens (including phenoxy) is 2. The van der Waals surface area contributed by atoms with Crippen molar-refractivity contribution in [3.8, 4) is 5.75 Å². The van der Waals surface area contributed by atoms with Gasteiger partial charge in [0.1, 0.15) is 5.75 Å². The van der Waals surface area contributed by atoms with Crippen LogP contribution in [0.25, 0.3) is 0 Å². The molecule has 0 heterocycles. The number of anilines is 1. The Labute approximate surface area is 158 Å². The minimum absolute atomic E-state index is 0.134. The molecule has 0 spiro atoms. The number of amides is 1. The number of hydrogen-bond acceptors (Lipinski definition) is 5. The van der Waals surface area contributed by atoms with Crippen molar-refractivity contribution < 1.29 is 19.1 Å². The Balaban J connectivity index is 1.80. The third-order valence-corrected chi connectivity index (χ3v) is 3.73. The van der Waals surface area contributed by atoms with Crippen LogP contribution in [0.1, 0.15) is 10.4 Å². The number of rotatable bonds is 5. The van der Waals surface area contributed by atoms with Crippen LogP contribution in [0, 0.1) is 0 Å². The number of thiocarbonyl (C=S) groups is 1. The smallest absolute Gasteiger partial charge is 0.337 e. The molecule has 0 saturated heterocycles. The van der Waals surface area contributed by atoms with Crippen molar-refractivity contribution in [1.82, 2.24) is 5.32 Å². The Hall–Kier alpha value is -2.45. The van der Waals surface area contributed by atoms with Crippen LogP contribution in [-0.2, 0) is 9.53 Å².